The van der Waals surface area contributed by atoms with E-state index in [1.165, 1.54) is 29.6 Å². The number of likely N-dealkylation sites (tertiary alicyclic amines) is 1. The van der Waals surface area contributed by atoms with Gasteiger partial charge in [-0.15, -0.1) is 0 Å². The minimum absolute atomic E-state index is 0.475. The van der Waals surface area contributed by atoms with E-state index in [4.69, 9.17) is 4.98 Å². The van der Waals surface area contributed by atoms with E-state index in [0.29, 0.717) is 6.04 Å². The zero-order valence-electron chi connectivity index (χ0n) is 21.3. The molecule has 0 N–H and O–H groups in total. The van der Waals surface area contributed by atoms with Crippen molar-refractivity contribution in [2.45, 2.75) is 25.4 Å². The lowest BCUT2D eigenvalue weighted by atomic mass is 10.1. The first-order valence-electron chi connectivity index (χ1n) is 13.3. The third-order valence-corrected chi connectivity index (χ3v) is 8.03. The van der Waals surface area contributed by atoms with Crippen LogP contribution in [0.5, 0.6) is 0 Å². The molecule has 37 heavy (non-hydrogen) atoms. The number of anilines is 2. The Balaban J connectivity index is 1.04. The minimum atomic E-state index is 0.475. The normalized spacial score (nSPS) is 19.0. The molecule has 0 spiro atoms. The van der Waals surface area contributed by atoms with Gasteiger partial charge < -0.3 is 14.4 Å². The highest BCUT2D eigenvalue weighted by molar-refractivity contribution is 5.78. The van der Waals surface area contributed by atoms with E-state index < -0.39 is 0 Å². The smallest absolute Gasteiger partial charge is 0.142 e. The molecule has 2 saturated heterocycles. The molecule has 9 heteroatoms. The summed E-state index contributed by atoms with van der Waals surface area (Å²) in [5, 5.41) is 5.60. The van der Waals surface area contributed by atoms with Gasteiger partial charge in [-0.25, -0.2) is 9.97 Å². The van der Waals surface area contributed by atoms with Crippen molar-refractivity contribution in [1.82, 2.24) is 33.6 Å². The first-order valence-corrected chi connectivity index (χ1v) is 13.3. The summed E-state index contributed by atoms with van der Waals surface area (Å²) < 4.78 is 6.41. The number of pyridine rings is 2. The Morgan fingerprint density at radius 3 is 2.68 bits per heavy atom. The fourth-order valence-electron chi connectivity index (χ4n) is 6.08. The van der Waals surface area contributed by atoms with Crippen LogP contribution in [-0.4, -0.2) is 72.9 Å². The summed E-state index contributed by atoms with van der Waals surface area (Å²) in [5.74, 6) is 2.28. The summed E-state index contributed by atoms with van der Waals surface area (Å²) in [6.45, 7) is 6.93. The van der Waals surface area contributed by atoms with Gasteiger partial charge in [0.1, 0.15) is 22.9 Å². The largest absolute Gasteiger partial charge is 0.354 e. The molecule has 2 aliphatic rings. The van der Waals surface area contributed by atoms with Gasteiger partial charge in [0.25, 0.3) is 0 Å². The third kappa shape index (κ3) is 4.13. The second kappa shape index (κ2) is 9.23. The second-order valence-corrected chi connectivity index (χ2v) is 10.2. The third-order valence-electron chi connectivity index (χ3n) is 8.03. The second-order valence-electron chi connectivity index (χ2n) is 10.2. The maximum Gasteiger partial charge on any atom is 0.142 e. The average molecular weight is 496 g/mol. The van der Waals surface area contributed by atoms with Gasteiger partial charge in [-0.05, 0) is 49.7 Å². The number of nitrogens with zero attached hydrogens (tertiary/aromatic N) is 9. The Labute approximate surface area is 216 Å². The van der Waals surface area contributed by atoms with Crippen LogP contribution < -0.4 is 9.80 Å². The molecule has 0 saturated carbocycles. The van der Waals surface area contributed by atoms with Gasteiger partial charge in [0.05, 0.1) is 6.20 Å². The molecule has 0 aromatic carbocycles. The number of piperazine rings is 1. The Hall–Kier alpha value is -3.85. The lowest BCUT2D eigenvalue weighted by molar-refractivity contribution is 0.248. The van der Waals surface area contributed by atoms with Crippen LogP contribution in [0, 0.1) is 0 Å². The molecule has 5 aromatic heterocycles. The van der Waals surface area contributed by atoms with E-state index in [-0.39, 0.29) is 0 Å². The quantitative estimate of drug-likeness (QED) is 0.359. The molecule has 2 aliphatic heterocycles. The zero-order valence-corrected chi connectivity index (χ0v) is 21.3. The molecule has 5 aromatic rings. The maximum atomic E-state index is 5.15. The molecule has 0 radical (unpaired) electrons. The zero-order chi connectivity index (χ0) is 24.8. The highest BCUT2D eigenvalue weighted by atomic mass is 15.3. The molecule has 7 heterocycles. The first kappa shape index (κ1) is 22.4. The van der Waals surface area contributed by atoms with Gasteiger partial charge in [0.15, 0.2) is 0 Å². The molecule has 0 aliphatic carbocycles. The van der Waals surface area contributed by atoms with Crippen molar-refractivity contribution in [2.24, 2.45) is 7.05 Å². The maximum absolute atomic E-state index is 5.15. The number of imidazole rings is 1. The van der Waals surface area contributed by atoms with Gasteiger partial charge in [0, 0.05) is 88.1 Å². The van der Waals surface area contributed by atoms with E-state index in [2.05, 4.69) is 82.5 Å². The SMILES string of the molecule is Cn1cc(C2CCCN2CCn2ccc3ccc(N4CCN(c5cccc6nccn56)CC4)nc32)cn1. The van der Waals surface area contributed by atoms with Crippen molar-refractivity contribution in [2.75, 3.05) is 49.1 Å². The van der Waals surface area contributed by atoms with Gasteiger partial charge in [-0.2, -0.15) is 5.10 Å². The van der Waals surface area contributed by atoms with Crippen LogP contribution in [-0.2, 0) is 13.6 Å². The van der Waals surface area contributed by atoms with Crippen LogP contribution in [0.1, 0.15) is 24.4 Å². The fraction of sp³-hybridized carbons (Fsp3) is 0.393. The van der Waals surface area contributed by atoms with E-state index in [9.17, 15) is 0 Å². The Bertz CT molecular complexity index is 1520. The Morgan fingerprint density at radius 2 is 1.81 bits per heavy atom. The van der Waals surface area contributed by atoms with Crippen LogP contribution in [0.2, 0.25) is 0 Å². The van der Waals surface area contributed by atoms with Crippen LogP contribution in [0.4, 0.5) is 11.6 Å². The number of hydrogen-bond donors (Lipinski definition) is 0. The summed E-state index contributed by atoms with van der Waals surface area (Å²) in [5.41, 5.74) is 3.41. The van der Waals surface area contributed by atoms with E-state index in [1.54, 1.807) is 0 Å². The molecule has 1 atom stereocenters. The molecule has 0 amide bonds. The first-order chi connectivity index (χ1) is 18.2. The number of aromatic nitrogens is 6. The monoisotopic (exact) mass is 495 g/mol. The van der Waals surface area contributed by atoms with Crippen molar-refractivity contribution in [3.05, 3.63) is 72.9 Å². The average Bonchev–Trinajstić information content (AvgIpc) is 3.73. The molecule has 190 valence electrons. The topological polar surface area (TPSA) is 62.7 Å². The lowest BCUT2D eigenvalue weighted by Gasteiger charge is -2.36. The molecule has 2 fully saturated rings. The van der Waals surface area contributed by atoms with E-state index >= 15 is 0 Å². The van der Waals surface area contributed by atoms with Gasteiger partial charge >= 0.3 is 0 Å². The highest BCUT2D eigenvalue weighted by Crippen LogP contribution is 2.31. The molecule has 1 unspecified atom stereocenters. The number of fused-ring (bicyclic) bond motifs is 2. The van der Waals surface area contributed by atoms with Crippen LogP contribution in [0.3, 0.4) is 0 Å². The summed E-state index contributed by atoms with van der Waals surface area (Å²) in [7, 11) is 2.00. The summed E-state index contributed by atoms with van der Waals surface area (Å²) in [6, 6.07) is 13.4. The van der Waals surface area contributed by atoms with Crippen molar-refractivity contribution < 1.29 is 0 Å². The van der Waals surface area contributed by atoms with Gasteiger partial charge in [-0.1, -0.05) is 6.07 Å². The number of hydrogen-bond acceptors (Lipinski definition) is 6. The van der Waals surface area contributed by atoms with Crippen molar-refractivity contribution in [3.63, 3.8) is 0 Å². The van der Waals surface area contributed by atoms with Crippen LogP contribution >= 0.6 is 0 Å². The summed E-state index contributed by atoms with van der Waals surface area (Å²) in [4.78, 5) is 17.0. The minimum Gasteiger partial charge on any atom is -0.354 e. The van der Waals surface area contributed by atoms with Crippen molar-refractivity contribution in [3.8, 4) is 0 Å². The predicted octanol–water partition coefficient (Wildman–Crippen LogP) is 3.58. The standard InChI is InChI=1S/C28H33N9/c1-32-21-23(20-30-32)24-4-3-11-33(24)14-19-36-12-9-22-7-8-26(31-28(22)36)34-15-17-35(18-16-34)27-6-2-5-25-29-10-13-37(25)27/h2,5-10,12-13,20-21,24H,3-4,11,14-19H2,1H3. The van der Waals surface area contributed by atoms with Crippen LogP contribution in [0.15, 0.2) is 67.4 Å². The number of rotatable bonds is 6. The molecule has 7 rings (SSSR count). The van der Waals surface area contributed by atoms with E-state index in [0.717, 1.165) is 62.9 Å². The fourth-order valence-corrected chi connectivity index (χ4v) is 6.08. The van der Waals surface area contributed by atoms with Crippen LogP contribution in [0.25, 0.3) is 16.7 Å². The van der Waals surface area contributed by atoms with Gasteiger partial charge in [0.2, 0.25) is 0 Å². The lowest BCUT2D eigenvalue weighted by Crippen LogP contribution is -2.47. The Kier molecular flexibility index (Phi) is 5.57. The molecular formula is C28H33N9. The van der Waals surface area contributed by atoms with E-state index in [1.807, 2.05) is 30.3 Å². The highest BCUT2D eigenvalue weighted by Gasteiger charge is 2.27. The van der Waals surface area contributed by atoms with Crippen molar-refractivity contribution >= 4 is 28.3 Å². The number of aryl methyl sites for hydroxylation is 1. The Morgan fingerprint density at radius 1 is 0.919 bits per heavy atom. The van der Waals surface area contributed by atoms with Gasteiger partial charge in [-0.3, -0.25) is 14.0 Å². The molecule has 0 bridgehead atoms. The predicted molar refractivity (Wildman–Crippen MR) is 146 cm³/mol. The molecular weight excluding hydrogens is 462 g/mol. The molecule has 9 nitrogen and oxygen atoms in total. The van der Waals surface area contributed by atoms with Crippen molar-refractivity contribution in [1.29, 1.82) is 0 Å². The summed E-state index contributed by atoms with van der Waals surface area (Å²) in [6.07, 6.45) is 12.8. The summed E-state index contributed by atoms with van der Waals surface area (Å²) >= 11 is 0.